The molecule has 0 spiro atoms. The van der Waals surface area contributed by atoms with Crippen molar-refractivity contribution < 1.29 is 9.53 Å². The summed E-state index contributed by atoms with van der Waals surface area (Å²) >= 11 is 6.03. The highest BCUT2D eigenvalue weighted by molar-refractivity contribution is 6.21. The van der Waals surface area contributed by atoms with Crippen molar-refractivity contribution in [3.05, 3.63) is 0 Å². The lowest BCUT2D eigenvalue weighted by atomic mass is 10.3. The maximum Gasteiger partial charge on any atom is 0.246 e. The summed E-state index contributed by atoms with van der Waals surface area (Å²) in [6.07, 6.45) is 2.50. The maximum atomic E-state index is 11.2. The molecule has 0 radical (unpaired) electrons. The summed E-state index contributed by atoms with van der Waals surface area (Å²) in [5, 5.41) is 2.86. The quantitative estimate of drug-likeness (QED) is 0.689. The Balaban J connectivity index is 2.02. The number of carbonyl (C=O) groups excluding carboxylic acids is 1. The first-order chi connectivity index (χ1) is 6.59. The first-order valence-corrected chi connectivity index (χ1v) is 5.55. The van der Waals surface area contributed by atoms with Gasteiger partial charge in [-0.3, -0.25) is 4.79 Å². The molecule has 4 heteroatoms. The van der Waals surface area contributed by atoms with Crippen molar-refractivity contribution in [3.8, 4) is 0 Å². The van der Waals surface area contributed by atoms with Gasteiger partial charge in [-0.1, -0.05) is 0 Å². The molecule has 0 aromatic carbocycles. The summed E-state index contributed by atoms with van der Waals surface area (Å²) in [5.74, 6) is 0.535. The fourth-order valence-electron chi connectivity index (χ4n) is 1.13. The second kappa shape index (κ2) is 5.56. The molecular weight excluding hydrogens is 202 g/mol. The molecule has 1 unspecified atom stereocenters. The van der Waals surface area contributed by atoms with Crippen molar-refractivity contribution in [2.75, 3.05) is 13.2 Å². The van der Waals surface area contributed by atoms with Crippen LogP contribution in [0.2, 0.25) is 0 Å². The van der Waals surface area contributed by atoms with Gasteiger partial charge in [0.05, 0.1) is 11.5 Å². The van der Waals surface area contributed by atoms with Crippen LogP contribution in [0.4, 0.5) is 0 Å². The van der Waals surface area contributed by atoms with Crippen LogP contribution in [0.5, 0.6) is 0 Å². The lowest BCUT2D eigenvalue weighted by Crippen LogP contribution is -2.34. The minimum atomic E-state index is -0.0787. The highest BCUT2D eigenvalue weighted by Gasteiger charge is 2.29. The Hall–Kier alpha value is -0.280. The van der Waals surface area contributed by atoms with E-state index in [1.165, 1.54) is 12.8 Å². The fraction of sp³-hybridized carbons (Fsp3) is 0.900. The van der Waals surface area contributed by atoms with Gasteiger partial charge in [-0.25, -0.2) is 0 Å². The van der Waals surface area contributed by atoms with E-state index in [2.05, 4.69) is 5.32 Å². The van der Waals surface area contributed by atoms with Gasteiger partial charge in [-0.05, 0) is 32.6 Å². The Kier molecular flexibility index (Phi) is 4.69. The standard InChI is InChI=1S/C10H18ClNO2/c1-7(2)14-6-10(13)12-5-9(11)8-3-4-8/h7-9H,3-6H2,1-2H3,(H,12,13). The average molecular weight is 220 g/mol. The number of amides is 1. The van der Waals surface area contributed by atoms with Crippen LogP contribution in [-0.4, -0.2) is 30.5 Å². The Morgan fingerprint density at radius 2 is 2.21 bits per heavy atom. The van der Waals surface area contributed by atoms with Crippen LogP contribution in [0.1, 0.15) is 26.7 Å². The van der Waals surface area contributed by atoms with E-state index in [0.29, 0.717) is 12.5 Å². The largest absolute Gasteiger partial charge is 0.369 e. The molecule has 82 valence electrons. The van der Waals surface area contributed by atoms with Crippen molar-refractivity contribution in [3.63, 3.8) is 0 Å². The van der Waals surface area contributed by atoms with Crippen LogP contribution in [0.25, 0.3) is 0 Å². The summed E-state index contributed by atoms with van der Waals surface area (Å²) in [7, 11) is 0. The molecule has 1 rings (SSSR count). The molecule has 0 heterocycles. The van der Waals surface area contributed by atoms with E-state index in [-0.39, 0.29) is 24.0 Å². The predicted octanol–water partition coefficient (Wildman–Crippen LogP) is 1.54. The summed E-state index contributed by atoms with van der Waals surface area (Å²) in [6.45, 7) is 4.50. The number of hydrogen-bond acceptors (Lipinski definition) is 2. The Bertz CT molecular complexity index is 193. The zero-order valence-electron chi connectivity index (χ0n) is 8.75. The SMILES string of the molecule is CC(C)OCC(=O)NCC(Cl)C1CC1. The van der Waals surface area contributed by atoms with Crippen LogP contribution in [-0.2, 0) is 9.53 Å². The van der Waals surface area contributed by atoms with Crippen molar-refractivity contribution in [2.24, 2.45) is 5.92 Å². The Morgan fingerprint density at radius 1 is 1.57 bits per heavy atom. The minimum Gasteiger partial charge on any atom is -0.369 e. The number of halogens is 1. The lowest BCUT2D eigenvalue weighted by molar-refractivity contribution is -0.127. The van der Waals surface area contributed by atoms with Gasteiger partial charge >= 0.3 is 0 Å². The van der Waals surface area contributed by atoms with Gasteiger partial charge < -0.3 is 10.1 Å². The van der Waals surface area contributed by atoms with Crippen LogP contribution in [0, 0.1) is 5.92 Å². The van der Waals surface area contributed by atoms with Gasteiger partial charge in [-0.2, -0.15) is 0 Å². The second-order valence-corrected chi connectivity index (χ2v) is 4.58. The molecule has 1 fully saturated rings. The number of ether oxygens (including phenoxy) is 1. The van der Waals surface area contributed by atoms with Gasteiger partial charge in [0.25, 0.3) is 0 Å². The topological polar surface area (TPSA) is 38.3 Å². The molecule has 1 aliphatic carbocycles. The zero-order chi connectivity index (χ0) is 10.6. The van der Waals surface area contributed by atoms with E-state index in [1.807, 2.05) is 13.8 Å². The molecule has 0 saturated heterocycles. The average Bonchev–Trinajstić information content (AvgIpc) is 2.93. The molecule has 3 nitrogen and oxygen atoms in total. The van der Waals surface area contributed by atoms with E-state index < -0.39 is 0 Å². The number of hydrogen-bond donors (Lipinski definition) is 1. The molecule has 0 aromatic rings. The minimum absolute atomic E-state index is 0.0787. The van der Waals surface area contributed by atoms with Crippen molar-refractivity contribution >= 4 is 17.5 Å². The highest BCUT2D eigenvalue weighted by Crippen LogP contribution is 2.35. The molecule has 1 N–H and O–H groups in total. The van der Waals surface area contributed by atoms with E-state index in [1.54, 1.807) is 0 Å². The number of rotatable bonds is 6. The van der Waals surface area contributed by atoms with Crippen molar-refractivity contribution in [1.82, 2.24) is 5.32 Å². The lowest BCUT2D eigenvalue weighted by Gasteiger charge is -2.11. The van der Waals surface area contributed by atoms with Crippen LogP contribution >= 0.6 is 11.6 Å². The number of carbonyl (C=O) groups is 1. The summed E-state index contributed by atoms with van der Waals surface area (Å²) in [5.41, 5.74) is 0. The number of nitrogens with one attached hydrogen (secondary N) is 1. The monoisotopic (exact) mass is 219 g/mol. The third-order valence-corrected chi connectivity index (χ3v) is 2.69. The first-order valence-electron chi connectivity index (χ1n) is 5.12. The smallest absolute Gasteiger partial charge is 0.246 e. The van der Waals surface area contributed by atoms with Crippen LogP contribution in [0.3, 0.4) is 0 Å². The fourth-order valence-corrected chi connectivity index (χ4v) is 1.46. The Morgan fingerprint density at radius 3 is 2.71 bits per heavy atom. The zero-order valence-corrected chi connectivity index (χ0v) is 9.51. The van der Waals surface area contributed by atoms with Gasteiger partial charge in [-0.15, -0.1) is 11.6 Å². The predicted molar refractivity (Wildman–Crippen MR) is 56.5 cm³/mol. The van der Waals surface area contributed by atoms with E-state index in [0.717, 1.165) is 0 Å². The normalized spacial score (nSPS) is 18.3. The molecule has 1 amide bonds. The first kappa shape index (κ1) is 11.8. The van der Waals surface area contributed by atoms with Gasteiger partial charge in [0, 0.05) is 6.54 Å². The van der Waals surface area contributed by atoms with Crippen molar-refractivity contribution in [1.29, 1.82) is 0 Å². The van der Waals surface area contributed by atoms with E-state index in [9.17, 15) is 4.79 Å². The summed E-state index contributed by atoms with van der Waals surface area (Å²) in [6, 6.07) is 0. The molecule has 1 atom stereocenters. The molecule has 0 aliphatic heterocycles. The third kappa shape index (κ3) is 4.82. The van der Waals surface area contributed by atoms with E-state index >= 15 is 0 Å². The summed E-state index contributed by atoms with van der Waals surface area (Å²) < 4.78 is 5.16. The van der Waals surface area contributed by atoms with Gasteiger partial charge in [0.15, 0.2) is 0 Å². The molecule has 0 aromatic heterocycles. The molecular formula is C10H18ClNO2. The number of alkyl halides is 1. The molecule has 1 saturated carbocycles. The highest BCUT2D eigenvalue weighted by atomic mass is 35.5. The summed E-state index contributed by atoms with van der Waals surface area (Å²) in [4.78, 5) is 11.2. The molecule has 14 heavy (non-hydrogen) atoms. The van der Waals surface area contributed by atoms with Gasteiger partial charge in [0.1, 0.15) is 6.61 Å². The second-order valence-electron chi connectivity index (χ2n) is 4.02. The van der Waals surface area contributed by atoms with Crippen molar-refractivity contribution in [2.45, 2.75) is 38.2 Å². The van der Waals surface area contributed by atoms with Gasteiger partial charge in [0.2, 0.25) is 5.91 Å². The van der Waals surface area contributed by atoms with E-state index in [4.69, 9.17) is 16.3 Å². The molecule has 0 bridgehead atoms. The van der Waals surface area contributed by atoms with Crippen LogP contribution < -0.4 is 5.32 Å². The van der Waals surface area contributed by atoms with Crippen LogP contribution in [0.15, 0.2) is 0 Å². The Labute approximate surface area is 90.1 Å². The molecule has 1 aliphatic rings. The maximum absolute atomic E-state index is 11.2. The third-order valence-electron chi connectivity index (χ3n) is 2.18.